The van der Waals surface area contributed by atoms with Crippen molar-refractivity contribution in [2.75, 3.05) is 0 Å². The highest BCUT2D eigenvalue weighted by Gasteiger charge is 2.62. The van der Waals surface area contributed by atoms with E-state index in [0.717, 1.165) is 11.1 Å². The molecule has 0 N–H and O–H groups in total. The van der Waals surface area contributed by atoms with Gasteiger partial charge in [0.05, 0.1) is 5.41 Å². The van der Waals surface area contributed by atoms with Gasteiger partial charge in [0.2, 0.25) is 5.91 Å². The molecule has 6 rings (SSSR count). The van der Waals surface area contributed by atoms with Crippen LogP contribution in [-0.2, 0) is 20.4 Å². The largest absolute Gasteiger partial charge is 0.385 e. The minimum atomic E-state index is -3.01. The second-order valence-corrected chi connectivity index (χ2v) is 17.2. The molecule has 2 aliphatic rings. The van der Waals surface area contributed by atoms with E-state index >= 15 is 0 Å². The van der Waals surface area contributed by atoms with Crippen LogP contribution < -0.4 is 10.4 Å². The van der Waals surface area contributed by atoms with Crippen LogP contribution in [0.2, 0.25) is 5.04 Å². The zero-order valence-electron chi connectivity index (χ0n) is 25.4. The van der Waals surface area contributed by atoms with Gasteiger partial charge >= 0.3 is 0 Å². The van der Waals surface area contributed by atoms with Crippen LogP contribution in [0.5, 0.6) is 0 Å². The summed E-state index contributed by atoms with van der Waals surface area (Å²) in [6, 6.07) is 41.8. The van der Waals surface area contributed by atoms with Crippen molar-refractivity contribution in [3.8, 4) is 0 Å². The topological polar surface area (TPSA) is 38.8 Å². The van der Waals surface area contributed by atoms with E-state index in [4.69, 9.17) is 9.16 Å². The number of hydrogen-bond donors (Lipinski definition) is 0. The number of carbonyl (C=O) groups is 1. The maximum atomic E-state index is 14.8. The Hall–Kier alpha value is -3.77. The fourth-order valence-electron chi connectivity index (χ4n) is 7.23. The van der Waals surface area contributed by atoms with Gasteiger partial charge in [-0.15, -0.1) is 6.58 Å². The van der Waals surface area contributed by atoms with Gasteiger partial charge < -0.3 is 9.16 Å². The molecule has 2 heterocycles. The Balaban J connectivity index is 1.50. The Kier molecular flexibility index (Phi) is 7.99. The summed E-state index contributed by atoms with van der Waals surface area (Å²) in [5.41, 5.74) is 1.52. The second kappa shape index (κ2) is 11.7. The first-order valence-electron chi connectivity index (χ1n) is 15.3. The van der Waals surface area contributed by atoms with Crippen LogP contribution in [0.15, 0.2) is 134 Å². The van der Waals surface area contributed by atoms with Crippen LogP contribution >= 0.6 is 0 Å². The van der Waals surface area contributed by atoms with Crippen LogP contribution in [0.1, 0.15) is 50.8 Å². The maximum absolute atomic E-state index is 14.8. The fraction of sp³-hybridized carbons (Fsp3) is 0.289. The highest BCUT2D eigenvalue weighted by atomic mass is 28.4. The molecule has 0 aliphatic carbocycles. The van der Waals surface area contributed by atoms with Crippen molar-refractivity contribution in [1.82, 2.24) is 4.90 Å². The number of nitrogens with zero attached hydrogens (tertiary/aromatic N) is 1. The van der Waals surface area contributed by atoms with E-state index in [2.05, 4.69) is 112 Å². The lowest BCUT2D eigenvalue weighted by atomic mass is 9.77. The highest BCUT2D eigenvalue weighted by molar-refractivity contribution is 6.99. The van der Waals surface area contributed by atoms with E-state index in [-0.39, 0.29) is 17.2 Å². The smallest absolute Gasteiger partial charge is 0.263 e. The van der Waals surface area contributed by atoms with E-state index in [1.165, 1.54) is 10.4 Å². The lowest BCUT2D eigenvalue weighted by molar-refractivity contribution is -0.143. The molecule has 2 aliphatic heterocycles. The predicted molar refractivity (Wildman–Crippen MR) is 175 cm³/mol. The molecule has 0 unspecified atom stereocenters. The van der Waals surface area contributed by atoms with Gasteiger partial charge in [-0.1, -0.05) is 148 Å². The van der Waals surface area contributed by atoms with Gasteiger partial charge in [0.25, 0.3) is 8.32 Å². The van der Waals surface area contributed by atoms with Crippen molar-refractivity contribution >= 4 is 24.6 Å². The Labute approximate surface area is 257 Å². The minimum absolute atomic E-state index is 0.0858. The third kappa shape index (κ3) is 5.20. The molecule has 0 aromatic heterocycles. The fourth-order valence-corrected chi connectivity index (χ4v) is 11.8. The molecule has 220 valence electrons. The summed E-state index contributed by atoms with van der Waals surface area (Å²) in [5.74, 6) is 0.0858. The van der Waals surface area contributed by atoms with Crippen LogP contribution in [0.3, 0.4) is 0 Å². The quantitative estimate of drug-likeness (QED) is 0.156. The van der Waals surface area contributed by atoms with Crippen molar-refractivity contribution < 1.29 is 14.0 Å². The summed E-state index contributed by atoms with van der Waals surface area (Å²) in [6.07, 6.45) is 2.32. The summed E-state index contributed by atoms with van der Waals surface area (Å²) in [5, 5.41) is 2.11. The molecular weight excluding hydrogens is 547 g/mol. The second-order valence-electron chi connectivity index (χ2n) is 12.9. The van der Waals surface area contributed by atoms with E-state index < -0.39 is 26.1 Å². The summed E-state index contributed by atoms with van der Waals surface area (Å²) in [6.45, 7) is 10.9. The van der Waals surface area contributed by atoms with Gasteiger partial charge in [-0.05, 0) is 39.4 Å². The standard InChI is InChI=1S/C38H41NO3Si/c1-5-26-38(27-29-18-10-6-11-19-29)28-33-39(36(38)40)35(34(41-33)30-20-12-7-13-21-30)42-43(37(2,3)4,31-22-14-8-15-23-31)32-24-16-9-17-25-32/h5-25,33-35H,1,26-28H2,2-4H3/t33-,34+,35+,38+/m1/s1. The monoisotopic (exact) mass is 587 g/mol. The van der Waals surface area contributed by atoms with Crippen LogP contribution in [0.4, 0.5) is 0 Å². The molecule has 4 nitrogen and oxygen atoms in total. The zero-order valence-corrected chi connectivity index (χ0v) is 26.4. The molecule has 4 aromatic carbocycles. The van der Waals surface area contributed by atoms with E-state index in [1.807, 2.05) is 47.4 Å². The number of fused-ring (bicyclic) bond motifs is 1. The van der Waals surface area contributed by atoms with Crippen molar-refractivity contribution in [3.05, 3.63) is 145 Å². The molecule has 2 saturated heterocycles. The lowest BCUT2D eigenvalue weighted by Gasteiger charge is -2.46. The van der Waals surface area contributed by atoms with Gasteiger partial charge in [-0.2, -0.15) is 0 Å². The number of benzene rings is 4. The van der Waals surface area contributed by atoms with Crippen molar-refractivity contribution in [2.24, 2.45) is 5.41 Å². The van der Waals surface area contributed by atoms with Crippen LogP contribution in [-0.4, -0.2) is 31.6 Å². The summed E-state index contributed by atoms with van der Waals surface area (Å²) in [4.78, 5) is 16.8. The molecule has 0 radical (unpaired) electrons. The predicted octanol–water partition coefficient (Wildman–Crippen LogP) is 7.02. The molecule has 4 atom stereocenters. The number of amides is 1. The SMILES string of the molecule is C=CC[C@]1(Cc2ccccc2)C[C@H]2O[C@@H](c3ccccc3)[C@H](O[Si](c3ccccc3)(c3ccccc3)C(C)(C)C)N2C1=O. The molecule has 0 saturated carbocycles. The number of hydrogen-bond acceptors (Lipinski definition) is 3. The highest BCUT2D eigenvalue weighted by Crippen LogP contribution is 2.52. The molecule has 5 heteroatoms. The third-order valence-corrected chi connectivity index (χ3v) is 14.2. The normalized spacial score (nSPS) is 23.7. The molecule has 43 heavy (non-hydrogen) atoms. The van der Waals surface area contributed by atoms with Gasteiger partial charge in [-0.25, -0.2) is 0 Å². The third-order valence-electron chi connectivity index (χ3n) is 9.16. The Morgan fingerprint density at radius 3 is 1.88 bits per heavy atom. The van der Waals surface area contributed by atoms with Crippen molar-refractivity contribution in [1.29, 1.82) is 0 Å². The van der Waals surface area contributed by atoms with E-state index in [0.29, 0.717) is 19.3 Å². The first kappa shape index (κ1) is 29.3. The average molecular weight is 588 g/mol. The summed E-state index contributed by atoms with van der Waals surface area (Å²) >= 11 is 0. The minimum Gasteiger partial charge on any atom is -0.385 e. The molecule has 0 spiro atoms. The Bertz CT molecular complexity index is 1500. The van der Waals surface area contributed by atoms with Gasteiger partial charge in [-0.3, -0.25) is 9.69 Å². The molecule has 1 amide bonds. The van der Waals surface area contributed by atoms with Gasteiger partial charge in [0.1, 0.15) is 12.3 Å². The van der Waals surface area contributed by atoms with Crippen LogP contribution in [0.25, 0.3) is 0 Å². The molecule has 0 bridgehead atoms. The number of allylic oxidation sites excluding steroid dienone is 1. The number of ether oxygens (including phenoxy) is 1. The Morgan fingerprint density at radius 2 is 1.37 bits per heavy atom. The molecule has 4 aromatic rings. The average Bonchev–Trinajstić information content (AvgIpc) is 3.50. The number of carbonyl (C=O) groups excluding carboxylic acids is 1. The van der Waals surface area contributed by atoms with E-state index in [9.17, 15) is 4.79 Å². The Morgan fingerprint density at radius 1 is 0.860 bits per heavy atom. The molecular formula is C38H41NO3Si. The van der Waals surface area contributed by atoms with Gasteiger partial charge in [0, 0.05) is 6.42 Å². The molecule has 2 fully saturated rings. The maximum Gasteiger partial charge on any atom is 0.263 e. The van der Waals surface area contributed by atoms with Crippen molar-refractivity contribution in [2.45, 2.75) is 63.6 Å². The van der Waals surface area contributed by atoms with Crippen LogP contribution in [0, 0.1) is 5.41 Å². The lowest BCUT2D eigenvalue weighted by Crippen LogP contribution is -2.69. The number of rotatable bonds is 9. The first-order chi connectivity index (χ1) is 20.8. The van der Waals surface area contributed by atoms with Gasteiger partial charge in [0.15, 0.2) is 6.23 Å². The van der Waals surface area contributed by atoms with E-state index in [1.54, 1.807) is 0 Å². The first-order valence-corrected chi connectivity index (χ1v) is 17.2. The summed E-state index contributed by atoms with van der Waals surface area (Å²) < 4.78 is 14.6. The summed E-state index contributed by atoms with van der Waals surface area (Å²) in [7, 11) is -3.01. The van der Waals surface area contributed by atoms with Crippen molar-refractivity contribution in [3.63, 3.8) is 0 Å². The zero-order chi connectivity index (χ0) is 30.1.